The molecule has 1 aliphatic rings. The predicted octanol–water partition coefficient (Wildman–Crippen LogP) is 1.91. The molecule has 90 valence electrons. The van der Waals surface area contributed by atoms with Crippen molar-refractivity contribution in [3.05, 3.63) is 41.7 Å². The van der Waals surface area contributed by atoms with Crippen LogP contribution in [0.2, 0.25) is 0 Å². The molecule has 0 aliphatic carbocycles. The van der Waals surface area contributed by atoms with Gasteiger partial charge in [-0.25, -0.2) is 0 Å². The van der Waals surface area contributed by atoms with Gasteiger partial charge < -0.3 is 10.1 Å². The molecule has 0 atom stereocenters. The van der Waals surface area contributed by atoms with Crippen molar-refractivity contribution in [3.8, 4) is 5.75 Å². The van der Waals surface area contributed by atoms with E-state index in [1.807, 2.05) is 18.2 Å². The van der Waals surface area contributed by atoms with Crippen LogP contribution in [0.5, 0.6) is 5.75 Å². The Kier molecular flexibility index (Phi) is 2.37. The summed E-state index contributed by atoms with van der Waals surface area (Å²) in [4.78, 5) is 11.9. The third kappa shape index (κ3) is 1.66. The molecular formula is C13H11N3O2. The number of H-pyrrole nitrogens is 1. The first kappa shape index (κ1) is 10.6. The minimum absolute atomic E-state index is 0.118. The Hall–Kier alpha value is -2.56. The minimum Gasteiger partial charge on any atom is -0.497 e. The molecule has 2 heterocycles. The molecule has 0 saturated heterocycles. The highest BCUT2D eigenvalue weighted by Crippen LogP contribution is 2.35. The lowest BCUT2D eigenvalue weighted by Crippen LogP contribution is -2.03. The minimum atomic E-state index is -0.118. The summed E-state index contributed by atoms with van der Waals surface area (Å²) < 4.78 is 5.17. The van der Waals surface area contributed by atoms with Crippen LogP contribution in [0, 0.1) is 0 Å². The van der Waals surface area contributed by atoms with Gasteiger partial charge in [0.15, 0.2) is 0 Å². The second-order valence-corrected chi connectivity index (χ2v) is 3.94. The Balaban J connectivity index is 2.10. The number of ether oxygens (including phenoxy) is 1. The molecule has 2 aromatic rings. The summed E-state index contributed by atoms with van der Waals surface area (Å²) in [5.74, 6) is 0.605. The molecule has 0 radical (unpaired) electrons. The normalized spacial score (nSPS) is 15.6. The van der Waals surface area contributed by atoms with Crippen LogP contribution in [0.3, 0.4) is 0 Å². The van der Waals surface area contributed by atoms with Crippen LogP contribution in [0.25, 0.3) is 11.6 Å². The fraction of sp³-hybridized carbons (Fsp3) is 0.0769. The summed E-state index contributed by atoms with van der Waals surface area (Å²) in [7, 11) is 1.60. The van der Waals surface area contributed by atoms with E-state index in [0.717, 1.165) is 22.7 Å². The van der Waals surface area contributed by atoms with Crippen LogP contribution < -0.4 is 10.1 Å². The Bertz CT molecular complexity index is 630. The highest BCUT2D eigenvalue weighted by molar-refractivity contribution is 6.34. The van der Waals surface area contributed by atoms with Crippen LogP contribution in [0.4, 0.5) is 5.69 Å². The van der Waals surface area contributed by atoms with Crippen molar-refractivity contribution >= 4 is 23.2 Å². The Morgan fingerprint density at radius 1 is 1.33 bits per heavy atom. The third-order valence-corrected chi connectivity index (χ3v) is 2.83. The zero-order chi connectivity index (χ0) is 12.5. The van der Waals surface area contributed by atoms with Crippen LogP contribution >= 0.6 is 0 Å². The average Bonchev–Trinajstić information content (AvgIpc) is 2.99. The maximum Gasteiger partial charge on any atom is 0.256 e. The van der Waals surface area contributed by atoms with Gasteiger partial charge in [0, 0.05) is 17.4 Å². The zero-order valence-corrected chi connectivity index (χ0v) is 9.73. The molecule has 5 heteroatoms. The molecule has 1 aliphatic heterocycles. The highest BCUT2D eigenvalue weighted by atomic mass is 16.5. The number of aromatic amines is 1. The molecule has 1 aromatic carbocycles. The summed E-state index contributed by atoms with van der Waals surface area (Å²) in [5, 5.41) is 9.47. The van der Waals surface area contributed by atoms with E-state index in [9.17, 15) is 4.79 Å². The smallest absolute Gasteiger partial charge is 0.256 e. The molecule has 0 bridgehead atoms. The summed E-state index contributed by atoms with van der Waals surface area (Å²) >= 11 is 0. The molecule has 1 amide bonds. The summed E-state index contributed by atoms with van der Waals surface area (Å²) in [5.41, 5.74) is 3.03. The predicted molar refractivity (Wildman–Crippen MR) is 68.1 cm³/mol. The number of nitrogens with one attached hydrogen (secondary N) is 2. The van der Waals surface area contributed by atoms with Crippen LogP contribution in [-0.2, 0) is 4.79 Å². The van der Waals surface area contributed by atoms with Crippen molar-refractivity contribution in [3.63, 3.8) is 0 Å². The number of nitrogens with zero attached hydrogens (tertiary/aromatic N) is 1. The molecule has 0 fully saturated rings. The topological polar surface area (TPSA) is 67.0 Å². The summed E-state index contributed by atoms with van der Waals surface area (Å²) in [6.07, 6.45) is 3.42. The van der Waals surface area contributed by atoms with E-state index in [1.54, 1.807) is 25.4 Å². The van der Waals surface area contributed by atoms with Gasteiger partial charge >= 0.3 is 0 Å². The number of aromatic nitrogens is 2. The molecule has 5 nitrogen and oxygen atoms in total. The van der Waals surface area contributed by atoms with Crippen molar-refractivity contribution in [1.29, 1.82) is 0 Å². The van der Waals surface area contributed by atoms with E-state index in [2.05, 4.69) is 15.5 Å². The maximum absolute atomic E-state index is 11.9. The molecule has 0 spiro atoms. The van der Waals surface area contributed by atoms with Gasteiger partial charge in [-0.05, 0) is 30.3 Å². The van der Waals surface area contributed by atoms with E-state index in [0.29, 0.717) is 5.57 Å². The van der Waals surface area contributed by atoms with Gasteiger partial charge in [0.05, 0.1) is 18.4 Å². The van der Waals surface area contributed by atoms with E-state index in [1.165, 1.54) is 0 Å². The number of methoxy groups -OCH3 is 1. The summed E-state index contributed by atoms with van der Waals surface area (Å²) in [6.45, 7) is 0. The lowest BCUT2D eigenvalue weighted by molar-refractivity contribution is -0.110. The molecule has 18 heavy (non-hydrogen) atoms. The van der Waals surface area contributed by atoms with E-state index in [-0.39, 0.29) is 5.91 Å². The Morgan fingerprint density at radius 2 is 2.22 bits per heavy atom. The van der Waals surface area contributed by atoms with Gasteiger partial charge in [-0.15, -0.1) is 0 Å². The third-order valence-electron chi connectivity index (χ3n) is 2.83. The standard InChI is InChI=1S/C13H11N3O2/c1-18-9-2-3-12-10(7-9)11(13(17)15-12)6-8-4-5-14-16-8/h2-7H,1H3,(H,14,16)(H,15,17)/b11-6-. The molecule has 1 aromatic heterocycles. The van der Waals surface area contributed by atoms with Crippen molar-refractivity contribution in [2.75, 3.05) is 12.4 Å². The Morgan fingerprint density at radius 3 is 2.94 bits per heavy atom. The largest absolute Gasteiger partial charge is 0.497 e. The van der Waals surface area contributed by atoms with Gasteiger partial charge in [-0.3, -0.25) is 9.89 Å². The summed E-state index contributed by atoms with van der Waals surface area (Å²) in [6, 6.07) is 7.30. The van der Waals surface area contributed by atoms with Crippen LogP contribution in [0.15, 0.2) is 30.5 Å². The van der Waals surface area contributed by atoms with E-state index >= 15 is 0 Å². The maximum atomic E-state index is 11.9. The quantitative estimate of drug-likeness (QED) is 0.789. The molecular weight excluding hydrogens is 230 g/mol. The molecule has 0 unspecified atom stereocenters. The number of hydrogen-bond acceptors (Lipinski definition) is 3. The van der Waals surface area contributed by atoms with Gasteiger partial charge in [0.25, 0.3) is 5.91 Å². The number of carbonyl (C=O) groups excluding carboxylic acids is 1. The SMILES string of the molecule is COc1ccc2c(c1)/C(=C/c1ccn[nH]1)C(=O)N2. The second kappa shape index (κ2) is 4.03. The van der Waals surface area contributed by atoms with Crippen LogP contribution in [0.1, 0.15) is 11.3 Å². The monoisotopic (exact) mass is 241 g/mol. The lowest BCUT2D eigenvalue weighted by atomic mass is 10.1. The molecule has 2 N–H and O–H groups in total. The lowest BCUT2D eigenvalue weighted by Gasteiger charge is -2.02. The number of hydrogen-bond donors (Lipinski definition) is 2. The first-order valence-electron chi connectivity index (χ1n) is 5.49. The van der Waals surface area contributed by atoms with Crippen molar-refractivity contribution < 1.29 is 9.53 Å². The fourth-order valence-electron chi connectivity index (χ4n) is 1.94. The van der Waals surface area contributed by atoms with Crippen molar-refractivity contribution in [2.24, 2.45) is 0 Å². The number of carbonyl (C=O) groups is 1. The van der Waals surface area contributed by atoms with Crippen molar-refractivity contribution in [2.45, 2.75) is 0 Å². The van der Waals surface area contributed by atoms with Crippen LogP contribution in [-0.4, -0.2) is 23.2 Å². The first-order valence-corrected chi connectivity index (χ1v) is 5.49. The second-order valence-electron chi connectivity index (χ2n) is 3.94. The number of benzene rings is 1. The van der Waals surface area contributed by atoms with Gasteiger partial charge in [0.2, 0.25) is 0 Å². The molecule has 0 saturated carbocycles. The molecule has 3 rings (SSSR count). The zero-order valence-electron chi connectivity index (χ0n) is 9.73. The number of anilines is 1. The van der Waals surface area contributed by atoms with Gasteiger partial charge in [0.1, 0.15) is 5.75 Å². The Labute approximate surface area is 103 Å². The van der Waals surface area contributed by atoms with E-state index in [4.69, 9.17) is 4.74 Å². The first-order chi connectivity index (χ1) is 8.78. The number of rotatable bonds is 2. The number of fused-ring (bicyclic) bond motifs is 1. The van der Waals surface area contributed by atoms with Gasteiger partial charge in [-0.2, -0.15) is 5.10 Å². The number of amides is 1. The van der Waals surface area contributed by atoms with Crippen molar-refractivity contribution in [1.82, 2.24) is 10.2 Å². The van der Waals surface area contributed by atoms with E-state index < -0.39 is 0 Å². The fourth-order valence-corrected chi connectivity index (χ4v) is 1.94. The highest BCUT2D eigenvalue weighted by Gasteiger charge is 2.24. The average molecular weight is 241 g/mol. The van der Waals surface area contributed by atoms with Gasteiger partial charge in [-0.1, -0.05) is 0 Å².